The van der Waals surface area contributed by atoms with Crippen molar-refractivity contribution in [2.45, 2.75) is 6.54 Å². The summed E-state index contributed by atoms with van der Waals surface area (Å²) in [4.78, 5) is 14.9. The number of para-hydroxylation sites is 1. The fourth-order valence-electron chi connectivity index (χ4n) is 2.66. The van der Waals surface area contributed by atoms with Gasteiger partial charge in [-0.25, -0.2) is 0 Å². The van der Waals surface area contributed by atoms with Crippen molar-refractivity contribution >= 4 is 5.78 Å². The minimum Gasteiger partial charge on any atom is -0.496 e. The predicted octanol–water partition coefficient (Wildman–Crippen LogP) is 3.30. The number of hydrogen-bond donors (Lipinski definition) is 0. The zero-order valence-corrected chi connectivity index (χ0v) is 12.7. The molecule has 2 aromatic carbocycles. The molecule has 0 radical (unpaired) electrons. The Morgan fingerprint density at radius 1 is 1.05 bits per heavy atom. The van der Waals surface area contributed by atoms with E-state index >= 15 is 0 Å². The molecule has 0 aromatic heterocycles. The Labute approximate surface area is 130 Å². The molecular weight excluding hydrogens is 274 g/mol. The number of rotatable bonds is 5. The molecule has 0 spiro atoms. The molecule has 1 aliphatic heterocycles. The average Bonchev–Trinajstić information content (AvgIpc) is 3.08. The van der Waals surface area contributed by atoms with Gasteiger partial charge in [-0.15, -0.1) is 0 Å². The first-order valence-corrected chi connectivity index (χ1v) is 7.42. The predicted molar refractivity (Wildman–Crippen MR) is 87.3 cm³/mol. The fraction of sp³-hybridized carbons (Fsp3) is 0.211. The lowest BCUT2D eigenvalue weighted by atomic mass is 10.0. The van der Waals surface area contributed by atoms with Gasteiger partial charge >= 0.3 is 0 Å². The third kappa shape index (κ3) is 3.10. The van der Waals surface area contributed by atoms with E-state index in [1.54, 1.807) is 13.2 Å². The molecule has 2 aromatic rings. The van der Waals surface area contributed by atoms with Gasteiger partial charge in [-0.1, -0.05) is 48.6 Å². The summed E-state index contributed by atoms with van der Waals surface area (Å²) < 4.78 is 5.27. The highest BCUT2D eigenvalue weighted by atomic mass is 16.5. The maximum atomic E-state index is 12.6. The molecule has 3 nitrogen and oxygen atoms in total. The molecule has 0 amide bonds. The Bertz CT molecular complexity index is 681. The molecule has 3 rings (SSSR count). The van der Waals surface area contributed by atoms with Crippen LogP contribution in [0.5, 0.6) is 5.75 Å². The van der Waals surface area contributed by atoms with Crippen LogP contribution in [0.25, 0.3) is 0 Å². The highest BCUT2D eigenvalue weighted by Crippen LogP contribution is 2.21. The molecule has 1 heterocycles. The monoisotopic (exact) mass is 293 g/mol. The number of benzene rings is 2. The van der Waals surface area contributed by atoms with Crippen molar-refractivity contribution in [3.05, 3.63) is 77.4 Å². The number of nitrogens with zero attached hydrogens (tertiary/aromatic N) is 1. The molecule has 0 saturated heterocycles. The van der Waals surface area contributed by atoms with Crippen molar-refractivity contribution in [3.8, 4) is 5.75 Å². The van der Waals surface area contributed by atoms with Crippen LogP contribution < -0.4 is 4.74 Å². The van der Waals surface area contributed by atoms with E-state index in [9.17, 15) is 4.79 Å². The molecule has 0 bridgehead atoms. The van der Waals surface area contributed by atoms with E-state index in [2.05, 4.69) is 17.1 Å². The van der Waals surface area contributed by atoms with Crippen LogP contribution in [-0.4, -0.2) is 30.9 Å². The Balaban J connectivity index is 1.75. The summed E-state index contributed by atoms with van der Waals surface area (Å²) in [5.74, 6) is 0.603. The van der Waals surface area contributed by atoms with Gasteiger partial charge in [0.1, 0.15) is 5.75 Å². The van der Waals surface area contributed by atoms with E-state index in [0.29, 0.717) is 16.9 Å². The normalized spacial score (nSPS) is 14.2. The van der Waals surface area contributed by atoms with Crippen LogP contribution in [0.2, 0.25) is 0 Å². The SMILES string of the molecule is COc1ccccc1C(=O)c1ccc(CN2CC=CC2)cc1. The first-order chi connectivity index (χ1) is 10.8. The molecule has 0 saturated carbocycles. The van der Waals surface area contributed by atoms with Crippen LogP contribution in [0.4, 0.5) is 0 Å². The number of carbonyl (C=O) groups is 1. The number of methoxy groups -OCH3 is 1. The van der Waals surface area contributed by atoms with Crippen LogP contribution in [0.1, 0.15) is 21.5 Å². The molecule has 22 heavy (non-hydrogen) atoms. The van der Waals surface area contributed by atoms with E-state index in [1.807, 2.05) is 42.5 Å². The van der Waals surface area contributed by atoms with Crippen LogP contribution in [0.15, 0.2) is 60.7 Å². The van der Waals surface area contributed by atoms with E-state index in [0.717, 1.165) is 19.6 Å². The van der Waals surface area contributed by atoms with Crippen molar-refractivity contribution in [3.63, 3.8) is 0 Å². The lowest BCUT2D eigenvalue weighted by molar-refractivity contribution is 0.103. The van der Waals surface area contributed by atoms with Gasteiger partial charge in [0.05, 0.1) is 12.7 Å². The molecule has 112 valence electrons. The van der Waals surface area contributed by atoms with E-state index in [-0.39, 0.29) is 5.78 Å². The van der Waals surface area contributed by atoms with Gasteiger partial charge < -0.3 is 4.74 Å². The first-order valence-electron chi connectivity index (χ1n) is 7.42. The van der Waals surface area contributed by atoms with Crippen LogP contribution in [-0.2, 0) is 6.54 Å². The standard InChI is InChI=1S/C19H19NO2/c1-22-18-7-3-2-6-17(18)19(21)16-10-8-15(9-11-16)14-20-12-4-5-13-20/h2-11H,12-14H2,1H3. The van der Waals surface area contributed by atoms with E-state index in [4.69, 9.17) is 4.74 Å². The lowest BCUT2D eigenvalue weighted by Crippen LogP contribution is -2.19. The van der Waals surface area contributed by atoms with Crippen LogP contribution in [0, 0.1) is 0 Å². The summed E-state index contributed by atoms with van der Waals surface area (Å²) in [5.41, 5.74) is 2.51. The summed E-state index contributed by atoms with van der Waals surface area (Å²) >= 11 is 0. The number of ketones is 1. The fourth-order valence-corrected chi connectivity index (χ4v) is 2.66. The van der Waals surface area contributed by atoms with Gasteiger partial charge in [-0.3, -0.25) is 9.69 Å². The minimum atomic E-state index is -0.00756. The second kappa shape index (κ2) is 6.58. The van der Waals surface area contributed by atoms with Crippen molar-refractivity contribution in [2.24, 2.45) is 0 Å². The molecule has 0 fully saturated rings. The Kier molecular flexibility index (Phi) is 4.35. The largest absolute Gasteiger partial charge is 0.496 e. The van der Waals surface area contributed by atoms with Crippen LogP contribution in [0.3, 0.4) is 0 Å². The van der Waals surface area contributed by atoms with Crippen molar-refractivity contribution in [1.29, 1.82) is 0 Å². The summed E-state index contributed by atoms with van der Waals surface area (Å²) in [6.45, 7) is 2.92. The van der Waals surface area contributed by atoms with Crippen LogP contribution >= 0.6 is 0 Å². The Hall–Kier alpha value is -2.39. The molecule has 3 heteroatoms. The molecule has 0 aliphatic carbocycles. The summed E-state index contributed by atoms with van der Waals surface area (Å²) in [6, 6.07) is 15.2. The highest BCUT2D eigenvalue weighted by Gasteiger charge is 2.14. The zero-order chi connectivity index (χ0) is 15.4. The average molecular weight is 293 g/mol. The second-order valence-electron chi connectivity index (χ2n) is 5.39. The van der Waals surface area contributed by atoms with Crippen molar-refractivity contribution in [2.75, 3.05) is 20.2 Å². The third-order valence-corrected chi connectivity index (χ3v) is 3.87. The molecule has 0 unspecified atom stereocenters. The van der Waals surface area contributed by atoms with Gasteiger partial charge in [0.25, 0.3) is 0 Å². The maximum absolute atomic E-state index is 12.6. The summed E-state index contributed by atoms with van der Waals surface area (Å²) in [5, 5.41) is 0. The summed E-state index contributed by atoms with van der Waals surface area (Å²) in [6.07, 6.45) is 4.36. The highest BCUT2D eigenvalue weighted by molar-refractivity contribution is 6.10. The quantitative estimate of drug-likeness (QED) is 0.626. The van der Waals surface area contributed by atoms with Crippen molar-refractivity contribution in [1.82, 2.24) is 4.90 Å². The Morgan fingerprint density at radius 2 is 1.73 bits per heavy atom. The number of carbonyl (C=O) groups excluding carboxylic acids is 1. The summed E-state index contributed by atoms with van der Waals surface area (Å²) in [7, 11) is 1.58. The van der Waals surface area contributed by atoms with Crippen molar-refractivity contribution < 1.29 is 9.53 Å². The molecule has 0 atom stereocenters. The van der Waals surface area contributed by atoms with Gasteiger partial charge in [0.15, 0.2) is 5.78 Å². The zero-order valence-electron chi connectivity index (χ0n) is 12.7. The molecule has 1 aliphatic rings. The number of hydrogen-bond acceptors (Lipinski definition) is 3. The number of ether oxygens (including phenoxy) is 1. The molecular formula is C19H19NO2. The second-order valence-corrected chi connectivity index (χ2v) is 5.39. The first kappa shape index (κ1) is 14.5. The van der Waals surface area contributed by atoms with Gasteiger partial charge in [-0.2, -0.15) is 0 Å². The topological polar surface area (TPSA) is 29.5 Å². The van der Waals surface area contributed by atoms with Gasteiger partial charge in [-0.05, 0) is 17.7 Å². The molecule has 0 N–H and O–H groups in total. The van der Waals surface area contributed by atoms with E-state index < -0.39 is 0 Å². The third-order valence-electron chi connectivity index (χ3n) is 3.87. The van der Waals surface area contributed by atoms with E-state index in [1.165, 1.54) is 5.56 Å². The maximum Gasteiger partial charge on any atom is 0.196 e. The minimum absolute atomic E-state index is 0.00756. The smallest absolute Gasteiger partial charge is 0.196 e. The van der Waals surface area contributed by atoms with Gasteiger partial charge in [0.2, 0.25) is 0 Å². The Morgan fingerprint density at radius 3 is 2.41 bits per heavy atom. The lowest BCUT2D eigenvalue weighted by Gasteiger charge is -2.14. The van der Waals surface area contributed by atoms with Gasteiger partial charge in [0, 0.05) is 25.2 Å².